The van der Waals surface area contributed by atoms with E-state index in [1.165, 1.54) is 24.0 Å². The Kier molecular flexibility index (Phi) is 3.65. The molecule has 1 aliphatic rings. The van der Waals surface area contributed by atoms with Gasteiger partial charge in [-0.15, -0.1) is 0 Å². The van der Waals surface area contributed by atoms with Crippen LogP contribution in [0.2, 0.25) is 0 Å². The van der Waals surface area contributed by atoms with Crippen molar-refractivity contribution in [3.63, 3.8) is 0 Å². The summed E-state index contributed by atoms with van der Waals surface area (Å²) in [5.41, 5.74) is 4.37. The quantitative estimate of drug-likeness (QED) is 0.829. The lowest BCUT2D eigenvalue weighted by molar-refractivity contribution is 0.572. The first-order valence-electron chi connectivity index (χ1n) is 7.21. The Bertz CT molecular complexity index is 528. The van der Waals surface area contributed by atoms with Gasteiger partial charge in [-0.25, -0.2) is 0 Å². The van der Waals surface area contributed by atoms with E-state index in [9.17, 15) is 0 Å². The Labute approximate surface area is 115 Å². The summed E-state index contributed by atoms with van der Waals surface area (Å²) in [6.07, 6.45) is 2.73. The van der Waals surface area contributed by atoms with Crippen molar-refractivity contribution in [2.45, 2.75) is 38.3 Å². The topological polar surface area (TPSA) is 12.0 Å². The third kappa shape index (κ3) is 3.05. The van der Waals surface area contributed by atoms with Crippen molar-refractivity contribution in [2.75, 3.05) is 0 Å². The zero-order valence-electron chi connectivity index (χ0n) is 11.5. The first kappa shape index (κ1) is 12.4. The van der Waals surface area contributed by atoms with Crippen LogP contribution in [0.25, 0.3) is 0 Å². The first-order valence-corrected chi connectivity index (χ1v) is 7.21. The maximum Gasteiger partial charge on any atom is 0.0294 e. The van der Waals surface area contributed by atoms with E-state index in [0.717, 1.165) is 12.5 Å². The van der Waals surface area contributed by atoms with E-state index in [4.69, 9.17) is 0 Å². The lowest BCUT2D eigenvalue weighted by Crippen LogP contribution is -2.18. The molecule has 0 aliphatic heterocycles. The number of benzene rings is 2. The van der Waals surface area contributed by atoms with Crippen molar-refractivity contribution in [1.29, 1.82) is 0 Å². The minimum absolute atomic E-state index is 0.397. The van der Waals surface area contributed by atoms with Crippen molar-refractivity contribution >= 4 is 0 Å². The lowest BCUT2D eigenvalue weighted by atomic mass is 10.0. The van der Waals surface area contributed by atoms with Crippen molar-refractivity contribution in [1.82, 2.24) is 5.32 Å². The van der Waals surface area contributed by atoms with E-state index in [1.54, 1.807) is 5.56 Å². The zero-order valence-corrected chi connectivity index (χ0v) is 11.5. The third-order valence-corrected chi connectivity index (χ3v) is 3.97. The normalized spacial score (nSPS) is 16.3. The largest absolute Gasteiger partial charge is 0.306 e. The molecule has 0 amide bonds. The highest BCUT2D eigenvalue weighted by molar-refractivity contribution is 5.33. The summed E-state index contributed by atoms with van der Waals surface area (Å²) in [5, 5.41) is 3.64. The first-order chi connectivity index (χ1) is 9.34. The molecule has 1 nitrogen and oxygen atoms in total. The Balaban J connectivity index is 1.66. The molecule has 0 heterocycles. The maximum absolute atomic E-state index is 3.64. The molecule has 1 heteroatoms. The highest BCUT2D eigenvalue weighted by Crippen LogP contribution is 2.41. The van der Waals surface area contributed by atoms with Crippen molar-refractivity contribution in [3.05, 3.63) is 71.3 Å². The third-order valence-electron chi connectivity index (χ3n) is 3.97. The van der Waals surface area contributed by atoms with E-state index in [1.807, 2.05) is 0 Å². The molecule has 0 spiro atoms. The van der Waals surface area contributed by atoms with Crippen LogP contribution < -0.4 is 5.32 Å². The Morgan fingerprint density at radius 1 is 1.00 bits per heavy atom. The fraction of sp³-hybridized carbons (Fsp3) is 0.333. The summed E-state index contributed by atoms with van der Waals surface area (Å²) in [5.74, 6) is 0.824. The highest BCUT2D eigenvalue weighted by atomic mass is 14.9. The van der Waals surface area contributed by atoms with Gasteiger partial charge >= 0.3 is 0 Å². The summed E-state index contributed by atoms with van der Waals surface area (Å²) in [6, 6.07) is 19.9. The molecule has 1 fully saturated rings. The predicted octanol–water partition coefficient (Wildman–Crippen LogP) is 4.41. The SMILES string of the molecule is C[C@H](NCc1ccccc1C1CC1)c1ccccc1. The molecule has 0 unspecified atom stereocenters. The summed E-state index contributed by atoms with van der Waals surface area (Å²) >= 11 is 0. The molecule has 0 radical (unpaired) electrons. The highest BCUT2D eigenvalue weighted by Gasteiger charge is 2.25. The minimum Gasteiger partial charge on any atom is -0.306 e. The molecule has 2 aromatic rings. The molecule has 98 valence electrons. The number of hydrogen-bond donors (Lipinski definition) is 1. The lowest BCUT2D eigenvalue weighted by Gasteiger charge is -2.16. The van der Waals surface area contributed by atoms with E-state index in [-0.39, 0.29) is 0 Å². The minimum atomic E-state index is 0.397. The van der Waals surface area contributed by atoms with Crippen molar-refractivity contribution < 1.29 is 0 Å². The van der Waals surface area contributed by atoms with E-state index < -0.39 is 0 Å². The predicted molar refractivity (Wildman–Crippen MR) is 80.1 cm³/mol. The van der Waals surface area contributed by atoms with Crippen LogP contribution in [0.15, 0.2) is 54.6 Å². The molecule has 1 saturated carbocycles. The van der Waals surface area contributed by atoms with Gasteiger partial charge in [0.25, 0.3) is 0 Å². The average Bonchev–Trinajstić information content (AvgIpc) is 3.30. The summed E-state index contributed by atoms with van der Waals surface area (Å²) in [6.45, 7) is 3.19. The second-order valence-electron chi connectivity index (χ2n) is 5.49. The van der Waals surface area contributed by atoms with Crippen molar-refractivity contribution in [2.24, 2.45) is 0 Å². The molecule has 1 aliphatic carbocycles. The van der Waals surface area contributed by atoms with Crippen LogP contribution in [0.4, 0.5) is 0 Å². The van der Waals surface area contributed by atoms with Gasteiger partial charge in [0.05, 0.1) is 0 Å². The van der Waals surface area contributed by atoms with Crippen LogP contribution in [0, 0.1) is 0 Å². The van der Waals surface area contributed by atoms with Crippen LogP contribution >= 0.6 is 0 Å². The van der Waals surface area contributed by atoms with Crippen LogP contribution in [-0.4, -0.2) is 0 Å². The number of rotatable bonds is 5. The van der Waals surface area contributed by atoms with Gasteiger partial charge < -0.3 is 5.32 Å². The van der Waals surface area contributed by atoms with Gasteiger partial charge in [0, 0.05) is 12.6 Å². The smallest absolute Gasteiger partial charge is 0.0294 e. The molecular weight excluding hydrogens is 230 g/mol. The molecule has 3 rings (SSSR count). The van der Waals surface area contributed by atoms with Gasteiger partial charge in [-0.3, -0.25) is 0 Å². The monoisotopic (exact) mass is 251 g/mol. The van der Waals surface area contributed by atoms with E-state index in [2.05, 4.69) is 66.8 Å². The average molecular weight is 251 g/mol. The molecule has 1 N–H and O–H groups in total. The summed E-state index contributed by atoms with van der Waals surface area (Å²) < 4.78 is 0. The molecule has 0 bridgehead atoms. The molecule has 2 aromatic carbocycles. The van der Waals surface area contributed by atoms with Gasteiger partial charge in [0.2, 0.25) is 0 Å². The molecule has 0 saturated heterocycles. The van der Waals surface area contributed by atoms with Crippen LogP contribution in [0.1, 0.15) is 48.4 Å². The molecule has 19 heavy (non-hydrogen) atoms. The van der Waals surface area contributed by atoms with Gasteiger partial charge in [-0.2, -0.15) is 0 Å². The van der Waals surface area contributed by atoms with E-state index >= 15 is 0 Å². The molecular formula is C18H21N. The zero-order chi connectivity index (χ0) is 13.1. The van der Waals surface area contributed by atoms with Gasteiger partial charge in [0.15, 0.2) is 0 Å². The van der Waals surface area contributed by atoms with Crippen molar-refractivity contribution in [3.8, 4) is 0 Å². The van der Waals surface area contributed by atoms with Crippen LogP contribution in [-0.2, 0) is 6.54 Å². The Morgan fingerprint density at radius 3 is 2.42 bits per heavy atom. The Morgan fingerprint density at radius 2 is 1.68 bits per heavy atom. The fourth-order valence-corrected chi connectivity index (χ4v) is 2.61. The molecule has 0 aromatic heterocycles. The van der Waals surface area contributed by atoms with Crippen LogP contribution in [0.3, 0.4) is 0 Å². The second-order valence-corrected chi connectivity index (χ2v) is 5.49. The summed E-state index contributed by atoms with van der Waals surface area (Å²) in [4.78, 5) is 0. The maximum atomic E-state index is 3.64. The number of nitrogens with one attached hydrogen (secondary N) is 1. The van der Waals surface area contributed by atoms with Crippen LogP contribution in [0.5, 0.6) is 0 Å². The summed E-state index contributed by atoms with van der Waals surface area (Å²) in [7, 11) is 0. The van der Waals surface area contributed by atoms with Gasteiger partial charge in [0.1, 0.15) is 0 Å². The number of hydrogen-bond acceptors (Lipinski definition) is 1. The molecule has 1 atom stereocenters. The van der Waals surface area contributed by atoms with Gasteiger partial charge in [-0.1, -0.05) is 54.6 Å². The van der Waals surface area contributed by atoms with E-state index in [0.29, 0.717) is 6.04 Å². The Hall–Kier alpha value is -1.60. The standard InChI is InChI=1S/C18H21N/c1-14(15-7-3-2-4-8-15)19-13-17-9-5-6-10-18(17)16-11-12-16/h2-10,14,16,19H,11-13H2,1H3/t14-/m0/s1. The second kappa shape index (κ2) is 5.58. The fourth-order valence-electron chi connectivity index (χ4n) is 2.61. The van der Waals surface area contributed by atoms with Gasteiger partial charge in [-0.05, 0) is 42.4 Å².